The Balaban J connectivity index is 0.00000121. The molecule has 0 amide bonds. The molecule has 1 aromatic carbocycles. The zero-order valence-electron chi connectivity index (χ0n) is 6.49. The first-order valence-corrected chi connectivity index (χ1v) is 3.64. The van der Waals surface area contributed by atoms with Crippen LogP contribution >= 0.6 is 12.2 Å². The molecule has 1 aromatic rings. The van der Waals surface area contributed by atoms with Gasteiger partial charge >= 0.3 is 0 Å². The summed E-state index contributed by atoms with van der Waals surface area (Å²) >= 11 is 4.92. The Morgan fingerprint density at radius 1 is 1.33 bits per heavy atom. The zero-order valence-corrected chi connectivity index (χ0v) is 8.79. The van der Waals surface area contributed by atoms with Gasteiger partial charge in [0.15, 0.2) is 0 Å². The number of thiocarbonyl (C=S) groups is 1. The molecule has 0 heterocycles. The van der Waals surface area contributed by atoms with E-state index in [9.17, 15) is 0 Å². The molecule has 69 valence electrons. The van der Waals surface area contributed by atoms with Crippen LogP contribution in [0.15, 0.2) is 30.3 Å². The predicted octanol–water partition coefficient (Wildman–Crippen LogP) is 1.68. The third kappa shape index (κ3) is 3.05. The van der Waals surface area contributed by atoms with Gasteiger partial charge in [-0.25, -0.2) is 5.06 Å². The van der Waals surface area contributed by atoms with E-state index in [-0.39, 0.29) is 22.4 Å². The first-order valence-electron chi connectivity index (χ1n) is 3.24. The molecule has 0 aliphatic carbocycles. The molecule has 0 saturated carbocycles. The molecular weight excluding hydrogens is 266 g/mol. The second-order valence-corrected chi connectivity index (χ2v) is 2.58. The molecule has 0 aliphatic heterocycles. The molecule has 4 heteroatoms. The molecular formula is C8H9AgNOS. The molecule has 2 nitrogen and oxygen atoms in total. The van der Waals surface area contributed by atoms with Gasteiger partial charge in [0.25, 0.3) is 0 Å². The third-order valence-corrected chi connectivity index (χ3v) is 1.81. The van der Waals surface area contributed by atoms with Crippen molar-refractivity contribution in [1.29, 1.82) is 0 Å². The van der Waals surface area contributed by atoms with Crippen molar-refractivity contribution >= 4 is 17.2 Å². The number of nitrogens with zero attached hydrogens (tertiary/aromatic N) is 1. The van der Waals surface area contributed by atoms with Gasteiger partial charge in [-0.15, -0.1) is 0 Å². The first kappa shape index (κ1) is 11.8. The van der Waals surface area contributed by atoms with Crippen LogP contribution in [0.25, 0.3) is 0 Å². The summed E-state index contributed by atoms with van der Waals surface area (Å²) in [6.45, 7) is 0. The second-order valence-electron chi connectivity index (χ2n) is 2.19. The SMILES string of the molecule is CN(O)C(=S)c1ccccc1.[Ag]. The van der Waals surface area contributed by atoms with Gasteiger partial charge in [0.1, 0.15) is 4.99 Å². The molecule has 0 saturated heterocycles. The Kier molecular flexibility index (Phi) is 5.37. The van der Waals surface area contributed by atoms with Crippen molar-refractivity contribution in [1.82, 2.24) is 5.06 Å². The molecule has 1 radical (unpaired) electrons. The fourth-order valence-corrected chi connectivity index (χ4v) is 0.904. The van der Waals surface area contributed by atoms with Gasteiger partial charge in [-0.05, 0) is 0 Å². The molecule has 0 spiro atoms. The molecule has 0 aliphatic rings. The number of hydroxylamine groups is 2. The Labute approximate surface area is 92.7 Å². The van der Waals surface area contributed by atoms with E-state index >= 15 is 0 Å². The molecule has 12 heavy (non-hydrogen) atoms. The van der Waals surface area contributed by atoms with Crippen LogP contribution < -0.4 is 0 Å². The minimum absolute atomic E-state index is 0. The third-order valence-electron chi connectivity index (χ3n) is 1.31. The van der Waals surface area contributed by atoms with Crippen LogP contribution in [0.5, 0.6) is 0 Å². The smallest absolute Gasteiger partial charge is 0.133 e. The van der Waals surface area contributed by atoms with E-state index in [1.165, 1.54) is 7.05 Å². The standard InChI is InChI=1S/C8H9NOS.Ag/c1-9(10)8(11)7-5-3-2-4-6-7;/h2-6,10H,1H3;. The predicted molar refractivity (Wildman–Crippen MR) is 47.7 cm³/mol. The van der Waals surface area contributed by atoms with E-state index in [0.717, 1.165) is 10.6 Å². The Hall–Kier alpha value is -0.190. The summed E-state index contributed by atoms with van der Waals surface area (Å²) in [6.07, 6.45) is 0. The van der Waals surface area contributed by atoms with Crippen LogP contribution in [-0.4, -0.2) is 22.3 Å². The number of rotatable bonds is 1. The normalized spacial score (nSPS) is 8.50. The summed E-state index contributed by atoms with van der Waals surface area (Å²) < 4.78 is 0. The molecule has 0 unspecified atom stereocenters. The minimum Gasteiger partial charge on any atom is -0.288 e. The number of benzene rings is 1. The van der Waals surface area contributed by atoms with Crippen molar-refractivity contribution in [2.75, 3.05) is 7.05 Å². The average molecular weight is 275 g/mol. The van der Waals surface area contributed by atoms with Crippen LogP contribution in [0.4, 0.5) is 0 Å². The zero-order chi connectivity index (χ0) is 8.27. The van der Waals surface area contributed by atoms with Gasteiger partial charge in [-0.1, -0.05) is 42.5 Å². The summed E-state index contributed by atoms with van der Waals surface area (Å²) in [5.41, 5.74) is 0.854. The van der Waals surface area contributed by atoms with E-state index < -0.39 is 0 Å². The molecule has 0 bridgehead atoms. The quantitative estimate of drug-likeness (QED) is 0.479. The molecule has 1 rings (SSSR count). The average Bonchev–Trinajstić information content (AvgIpc) is 2.05. The van der Waals surface area contributed by atoms with Gasteiger partial charge < -0.3 is 0 Å². The van der Waals surface area contributed by atoms with Crippen molar-refractivity contribution in [3.05, 3.63) is 35.9 Å². The minimum atomic E-state index is 0. The van der Waals surface area contributed by atoms with E-state index in [1.54, 1.807) is 0 Å². The van der Waals surface area contributed by atoms with Gasteiger partial charge in [0.05, 0.1) is 0 Å². The summed E-state index contributed by atoms with van der Waals surface area (Å²) in [5, 5.41) is 9.90. The summed E-state index contributed by atoms with van der Waals surface area (Å²) in [6, 6.07) is 9.38. The van der Waals surface area contributed by atoms with Gasteiger partial charge in [0.2, 0.25) is 0 Å². The maximum absolute atomic E-state index is 8.97. The monoisotopic (exact) mass is 274 g/mol. The van der Waals surface area contributed by atoms with Crippen LogP contribution in [-0.2, 0) is 22.4 Å². The summed E-state index contributed by atoms with van der Waals surface area (Å²) in [7, 11) is 1.51. The molecule has 0 aromatic heterocycles. The van der Waals surface area contributed by atoms with Gasteiger partial charge in [-0.3, -0.25) is 5.21 Å². The van der Waals surface area contributed by atoms with Crippen molar-refractivity contribution in [3.63, 3.8) is 0 Å². The van der Waals surface area contributed by atoms with E-state index in [2.05, 4.69) is 0 Å². The largest absolute Gasteiger partial charge is 0.288 e. The maximum atomic E-state index is 8.97. The first-order chi connectivity index (χ1) is 5.22. The van der Waals surface area contributed by atoms with Crippen molar-refractivity contribution < 1.29 is 27.6 Å². The summed E-state index contributed by atoms with van der Waals surface area (Å²) in [5.74, 6) is 0. The molecule has 1 N–H and O–H groups in total. The van der Waals surface area contributed by atoms with Gasteiger partial charge in [-0.2, -0.15) is 0 Å². The van der Waals surface area contributed by atoms with E-state index in [0.29, 0.717) is 4.99 Å². The van der Waals surface area contributed by atoms with Crippen molar-refractivity contribution in [2.24, 2.45) is 0 Å². The second kappa shape index (κ2) is 5.45. The van der Waals surface area contributed by atoms with Gasteiger partial charge in [0, 0.05) is 35.0 Å². The van der Waals surface area contributed by atoms with Crippen LogP contribution in [0.3, 0.4) is 0 Å². The van der Waals surface area contributed by atoms with E-state index in [4.69, 9.17) is 17.4 Å². The fourth-order valence-electron chi connectivity index (χ4n) is 0.768. The number of hydrogen-bond donors (Lipinski definition) is 1. The Morgan fingerprint density at radius 3 is 2.25 bits per heavy atom. The van der Waals surface area contributed by atoms with Crippen LogP contribution in [0, 0.1) is 0 Å². The van der Waals surface area contributed by atoms with E-state index in [1.807, 2.05) is 30.3 Å². The van der Waals surface area contributed by atoms with Crippen molar-refractivity contribution in [2.45, 2.75) is 0 Å². The molecule has 0 fully saturated rings. The summed E-state index contributed by atoms with van der Waals surface area (Å²) in [4.78, 5) is 0.436. The Bertz CT molecular complexity index is 250. The molecule has 0 atom stereocenters. The van der Waals surface area contributed by atoms with Crippen molar-refractivity contribution in [3.8, 4) is 0 Å². The fraction of sp³-hybridized carbons (Fsp3) is 0.125. The van der Waals surface area contributed by atoms with Crippen LogP contribution in [0.1, 0.15) is 5.56 Å². The topological polar surface area (TPSA) is 23.5 Å². The number of hydrogen-bond acceptors (Lipinski definition) is 2. The Morgan fingerprint density at radius 2 is 1.83 bits per heavy atom. The van der Waals surface area contributed by atoms with Crippen LogP contribution in [0.2, 0.25) is 0 Å². The maximum Gasteiger partial charge on any atom is 0.133 e.